The van der Waals surface area contributed by atoms with Crippen LogP contribution in [0.25, 0.3) is 11.1 Å². The molecule has 2 aromatic heterocycles. The van der Waals surface area contributed by atoms with Crippen LogP contribution in [-0.2, 0) is 6.54 Å². The Hall–Kier alpha value is -2.78. The van der Waals surface area contributed by atoms with Crippen LogP contribution in [0.15, 0.2) is 41.8 Å². The summed E-state index contributed by atoms with van der Waals surface area (Å²) in [5.74, 6) is -3.03. The number of halogens is 5. The molecule has 168 valence electrons. The van der Waals surface area contributed by atoms with Crippen molar-refractivity contribution >= 4 is 34.7 Å². The maximum absolute atomic E-state index is 13.9. The van der Waals surface area contributed by atoms with E-state index < -0.39 is 24.4 Å². The van der Waals surface area contributed by atoms with Gasteiger partial charge in [-0.3, -0.25) is 9.67 Å². The summed E-state index contributed by atoms with van der Waals surface area (Å²) in [6.45, 7) is 1.35. The van der Waals surface area contributed by atoms with E-state index in [1.54, 1.807) is 25.4 Å². The van der Waals surface area contributed by atoms with E-state index in [9.17, 15) is 13.2 Å². The van der Waals surface area contributed by atoms with Crippen LogP contribution in [-0.4, -0.2) is 32.9 Å². The highest BCUT2D eigenvalue weighted by Gasteiger charge is 2.35. The number of rotatable bonds is 6. The lowest BCUT2D eigenvalue weighted by molar-refractivity contribution is 0.0275. The smallest absolute Gasteiger partial charge is 0.272 e. The molecule has 0 saturated carbocycles. The third-order valence-corrected chi connectivity index (χ3v) is 5.69. The fourth-order valence-electron chi connectivity index (χ4n) is 3.40. The van der Waals surface area contributed by atoms with Crippen molar-refractivity contribution in [1.82, 2.24) is 14.8 Å². The Bertz CT molecular complexity index is 1200. The van der Waals surface area contributed by atoms with Crippen LogP contribution in [0, 0.1) is 5.82 Å². The molecule has 0 fully saturated rings. The molecule has 1 aliphatic rings. The first-order valence-corrected chi connectivity index (χ1v) is 10.4. The first kappa shape index (κ1) is 22.4. The van der Waals surface area contributed by atoms with Crippen LogP contribution in [0.5, 0.6) is 5.75 Å². The van der Waals surface area contributed by atoms with Gasteiger partial charge in [-0.05, 0) is 25.1 Å². The number of pyridine rings is 1. The van der Waals surface area contributed by atoms with E-state index in [0.717, 1.165) is 0 Å². The molecule has 1 aliphatic heterocycles. The van der Waals surface area contributed by atoms with E-state index >= 15 is 0 Å². The highest BCUT2D eigenvalue weighted by molar-refractivity contribution is 6.36. The number of nitrogen functional groups attached to an aromatic ring is 1. The number of benzene rings is 1. The van der Waals surface area contributed by atoms with Crippen LogP contribution >= 0.6 is 23.2 Å². The molecule has 2 N–H and O–H groups in total. The number of nitrogens with zero attached hydrogens (tertiary/aromatic N) is 4. The van der Waals surface area contributed by atoms with Gasteiger partial charge in [-0.1, -0.05) is 23.2 Å². The quantitative estimate of drug-likeness (QED) is 0.463. The molecule has 0 aliphatic carbocycles. The summed E-state index contributed by atoms with van der Waals surface area (Å²) < 4.78 is 48.0. The van der Waals surface area contributed by atoms with Gasteiger partial charge in [0.25, 0.3) is 5.92 Å². The van der Waals surface area contributed by atoms with Crippen molar-refractivity contribution in [3.63, 3.8) is 0 Å². The molecule has 0 saturated heterocycles. The van der Waals surface area contributed by atoms with Gasteiger partial charge in [-0.15, -0.1) is 0 Å². The van der Waals surface area contributed by atoms with Crippen molar-refractivity contribution in [1.29, 1.82) is 0 Å². The molecule has 6 nitrogen and oxygen atoms in total. The molecule has 0 bridgehead atoms. The average Bonchev–Trinajstić information content (AvgIpc) is 3.33. The van der Waals surface area contributed by atoms with Crippen LogP contribution in [0.2, 0.25) is 10.0 Å². The fraction of sp³-hybridized carbons (Fsp3) is 0.286. The van der Waals surface area contributed by atoms with E-state index in [-0.39, 0.29) is 34.6 Å². The molecule has 0 amide bonds. The third-order valence-electron chi connectivity index (χ3n) is 4.98. The molecule has 3 aromatic rings. The standard InChI is InChI=1S/C21H18Cl2F3N5O/c1-11(18-15(22)2-3-16(24)19(18)23)32-17-4-12(6-28-20(17)27)13-7-30-31(8-13)9-14-5-21(25,26)10-29-14/h2-4,6-8,11H,5,9-10H2,1H3,(H2,27,28)/t11-/m1/s1. The molecule has 0 spiro atoms. The summed E-state index contributed by atoms with van der Waals surface area (Å²) in [7, 11) is 0. The predicted molar refractivity (Wildman–Crippen MR) is 117 cm³/mol. The topological polar surface area (TPSA) is 78.3 Å². The lowest BCUT2D eigenvalue weighted by Gasteiger charge is -2.19. The maximum Gasteiger partial charge on any atom is 0.272 e. The molecule has 4 rings (SSSR count). The summed E-state index contributed by atoms with van der Waals surface area (Å²) in [6, 6.07) is 4.23. The number of anilines is 1. The van der Waals surface area contributed by atoms with E-state index in [4.69, 9.17) is 33.7 Å². The second kappa shape index (κ2) is 8.63. The van der Waals surface area contributed by atoms with Crippen molar-refractivity contribution < 1.29 is 17.9 Å². The van der Waals surface area contributed by atoms with Gasteiger partial charge in [-0.2, -0.15) is 5.10 Å². The predicted octanol–water partition coefficient (Wildman–Crippen LogP) is 5.59. The summed E-state index contributed by atoms with van der Waals surface area (Å²) >= 11 is 12.2. The van der Waals surface area contributed by atoms with Crippen molar-refractivity contribution in [3.05, 3.63) is 58.2 Å². The van der Waals surface area contributed by atoms with Crippen LogP contribution in [0.4, 0.5) is 19.0 Å². The number of aromatic nitrogens is 3. The van der Waals surface area contributed by atoms with Crippen molar-refractivity contribution in [2.24, 2.45) is 4.99 Å². The van der Waals surface area contributed by atoms with Crippen LogP contribution in [0.3, 0.4) is 0 Å². The fourth-order valence-corrected chi connectivity index (χ4v) is 4.08. The Morgan fingerprint density at radius 3 is 2.75 bits per heavy atom. The van der Waals surface area contributed by atoms with E-state index in [1.165, 1.54) is 23.0 Å². The second-order valence-corrected chi connectivity index (χ2v) is 8.25. The minimum absolute atomic E-state index is 0.124. The monoisotopic (exact) mass is 483 g/mol. The van der Waals surface area contributed by atoms with Crippen molar-refractivity contribution in [2.45, 2.75) is 31.9 Å². The number of ether oxygens (including phenoxy) is 1. The van der Waals surface area contributed by atoms with Gasteiger partial charge in [0.15, 0.2) is 11.6 Å². The maximum atomic E-state index is 13.9. The number of hydrogen-bond donors (Lipinski definition) is 1. The zero-order valence-electron chi connectivity index (χ0n) is 16.8. The third kappa shape index (κ3) is 4.68. The second-order valence-electron chi connectivity index (χ2n) is 7.47. The number of aliphatic imine (C=N–C) groups is 1. The lowest BCUT2D eigenvalue weighted by atomic mass is 10.1. The number of nitrogens with two attached hydrogens (primary N) is 1. The Labute approximate surface area is 191 Å². The molecule has 1 atom stereocenters. The Morgan fingerprint density at radius 1 is 1.25 bits per heavy atom. The first-order valence-electron chi connectivity index (χ1n) is 9.61. The lowest BCUT2D eigenvalue weighted by Crippen LogP contribution is -2.18. The Balaban J connectivity index is 1.54. The number of alkyl halides is 2. The normalized spacial score (nSPS) is 16.1. The van der Waals surface area contributed by atoms with E-state index in [1.807, 2.05) is 0 Å². The largest absolute Gasteiger partial charge is 0.482 e. The Morgan fingerprint density at radius 2 is 2.03 bits per heavy atom. The minimum Gasteiger partial charge on any atom is -0.482 e. The number of hydrogen-bond acceptors (Lipinski definition) is 5. The molecule has 0 radical (unpaired) electrons. The van der Waals surface area contributed by atoms with Crippen molar-refractivity contribution in [3.8, 4) is 16.9 Å². The zero-order valence-corrected chi connectivity index (χ0v) is 18.3. The average molecular weight is 484 g/mol. The molecular formula is C21H18Cl2F3N5O. The molecule has 3 heterocycles. The van der Waals surface area contributed by atoms with Gasteiger partial charge in [-0.25, -0.2) is 18.2 Å². The van der Waals surface area contributed by atoms with Gasteiger partial charge in [0, 0.05) is 39.8 Å². The first-order chi connectivity index (χ1) is 15.1. The zero-order chi connectivity index (χ0) is 23.0. The SMILES string of the molecule is C[C@@H](Oc1cc(-c2cnn(CC3=NCC(F)(F)C3)c2)cnc1N)c1c(Cl)ccc(F)c1Cl. The van der Waals surface area contributed by atoms with Gasteiger partial charge in [0.2, 0.25) is 0 Å². The van der Waals surface area contributed by atoms with Crippen LogP contribution < -0.4 is 10.5 Å². The summed E-state index contributed by atoms with van der Waals surface area (Å²) in [4.78, 5) is 8.03. The highest BCUT2D eigenvalue weighted by Crippen LogP contribution is 2.37. The van der Waals surface area contributed by atoms with E-state index in [2.05, 4.69) is 15.1 Å². The highest BCUT2D eigenvalue weighted by atomic mass is 35.5. The molecule has 1 aromatic carbocycles. The van der Waals surface area contributed by atoms with Gasteiger partial charge in [0.05, 0.1) is 24.2 Å². The van der Waals surface area contributed by atoms with Gasteiger partial charge >= 0.3 is 0 Å². The molecular weight excluding hydrogens is 466 g/mol. The van der Waals surface area contributed by atoms with Crippen molar-refractivity contribution in [2.75, 3.05) is 12.3 Å². The van der Waals surface area contributed by atoms with Gasteiger partial charge < -0.3 is 10.5 Å². The molecule has 32 heavy (non-hydrogen) atoms. The summed E-state index contributed by atoms with van der Waals surface area (Å²) in [5, 5.41) is 4.34. The minimum atomic E-state index is -2.79. The van der Waals surface area contributed by atoms with Gasteiger partial charge in [0.1, 0.15) is 18.5 Å². The van der Waals surface area contributed by atoms with E-state index in [0.29, 0.717) is 22.4 Å². The molecule has 0 unspecified atom stereocenters. The summed E-state index contributed by atoms with van der Waals surface area (Å²) in [6.07, 6.45) is 3.73. The summed E-state index contributed by atoms with van der Waals surface area (Å²) in [5.41, 5.74) is 7.96. The Kier molecular flexibility index (Phi) is 6.05. The molecule has 11 heteroatoms. The van der Waals surface area contributed by atoms with Crippen LogP contribution in [0.1, 0.15) is 25.0 Å².